The molecular weight excluding hydrogens is 160 g/mol. The Balaban J connectivity index is 2.51. The number of aromatic nitrogens is 1. The minimum atomic E-state index is -0.0483. The molecule has 1 aromatic heterocycles. The van der Waals surface area contributed by atoms with E-state index < -0.39 is 0 Å². The zero-order valence-electron chi connectivity index (χ0n) is 5.78. The number of hydrogen-bond donors (Lipinski definition) is 0. The number of ketones is 1. The van der Waals surface area contributed by atoms with Crippen LogP contribution >= 0.6 is 11.3 Å². The average Bonchev–Trinajstić information content (AvgIpc) is 2.52. The largest absolute Gasteiger partial charge is 0.292 e. The van der Waals surface area contributed by atoms with E-state index in [1.165, 1.54) is 11.3 Å². The van der Waals surface area contributed by atoms with E-state index in [1.807, 2.05) is 6.07 Å². The molecule has 0 saturated carbocycles. The summed E-state index contributed by atoms with van der Waals surface area (Å²) in [6, 6.07) is 1.92. The Morgan fingerprint density at radius 3 is 3.18 bits per heavy atom. The van der Waals surface area contributed by atoms with E-state index in [4.69, 9.17) is 5.26 Å². The second kappa shape index (κ2) is 3.84. The minimum absolute atomic E-state index is 0.0483. The molecule has 0 fully saturated rings. The Morgan fingerprint density at radius 1 is 1.82 bits per heavy atom. The number of carbonyl (C=O) groups excluding carboxylic acids is 1. The average molecular weight is 166 g/mol. The third-order valence-electron chi connectivity index (χ3n) is 1.18. The number of thiazole rings is 1. The highest BCUT2D eigenvalue weighted by Gasteiger charge is 2.05. The first-order valence-electron chi connectivity index (χ1n) is 3.13. The first-order chi connectivity index (χ1) is 5.34. The Morgan fingerprint density at radius 2 is 2.64 bits per heavy atom. The third-order valence-corrected chi connectivity index (χ3v) is 1.77. The molecule has 1 aromatic rings. The molecular formula is C7H6N2OS. The highest BCUT2D eigenvalue weighted by Crippen LogP contribution is 2.05. The van der Waals surface area contributed by atoms with E-state index in [1.54, 1.807) is 10.9 Å². The highest BCUT2D eigenvalue weighted by atomic mass is 32.1. The van der Waals surface area contributed by atoms with Crippen molar-refractivity contribution in [3.8, 4) is 6.07 Å². The Kier molecular flexibility index (Phi) is 2.75. The maximum atomic E-state index is 11.1. The van der Waals surface area contributed by atoms with Crippen LogP contribution in [0.4, 0.5) is 0 Å². The van der Waals surface area contributed by atoms with Gasteiger partial charge in [0.1, 0.15) is 5.69 Å². The molecule has 0 aromatic carbocycles. The molecule has 4 heteroatoms. The summed E-state index contributed by atoms with van der Waals surface area (Å²) < 4.78 is 0. The second-order valence-electron chi connectivity index (χ2n) is 1.95. The van der Waals surface area contributed by atoms with Crippen molar-refractivity contribution in [2.45, 2.75) is 12.8 Å². The molecule has 0 amide bonds. The van der Waals surface area contributed by atoms with E-state index >= 15 is 0 Å². The van der Waals surface area contributed by atoms with Gasteiger partial charge in [-0.25, -0.2) is 4.98 Å². The van der Waals surface area contributed by atoms with Crippen LogP contribution in [-0.4, -0.2) is 10.8 Å². The molecule has 3 nitrogen and oxygen atoms in total. The molecule has 0 spiro atoms. The molecule has 0 bridgehead atoms. The standard InChI is InChI=1S/C7H6N2OS/c8-3-1-2-7(10)6-4-11-5-9-6/h4-5H,1-2H2. The minimum Gasteiger partial charge on any atom is -0.292 e. The molecule has 0 unspecified atom stereocenters. The van der Waals surface area contributed by atoms with Crippen molar-refractivity contribution in [1.82, 2.24) is 4.98 Å². The fourth-order valence-corrected chi connectivity index (χ4v) is 1.20. The zero-order chi connectivity index (χ0) is 8.10. The molecule has 1 rings (SSSR count). The van der Waals surface area contributed by atoms with Gasteiger partial charge in [-0.1, -0.05) is 0 Å². The summed E-state index contributed by atoms with van der Waals surface area (Å²) in [5.74, 6) is -0.0483. The predicted octanol–water partition coefficient (Wildman–Crippen LogP) is 1.63. The maximum Gasteiger partial charge on any atom is 0.183 e. The van der Waals surface area contributed by atoms with Gasteiger partial charge in [0, 0.05) is 18.2 Å². The second-order valence-corrected chi connectivity index (χ2v) is 2.67. The molecule has 0 N–H and O–H groups in total. The number of hydrogen-bond acceptors (Lipinski definition) is 4. The van der Waals surface area contributed by atoms with Gasteiger partial charge in [-0.15, -0.1) is 11.3 Å². The molecule has 0 aliphatic carbocycles. The van der Waals surface area contributed by atoms with Crippen LogP contribution in [0.3, 0.4) is 0 Å². The summed E-state index contributed by atoms with van der Waals surface area (Å²) >= 11 is 1.39. The third kappa shape index (κ3) is 2.13. The van der Waals surface area contributed by atoms with Crippen LogP contribution in [0.25, 0.3) is 0 Å². The number of rotatable bonds is 3. The van der Waals surface area contributed by atoms with Gasteiger partial charge in [0.05, 0.1) is 11.6 Å². The predicted molar refractivity (Wildman–Crippen MR) is 41.3 cm³/mol. The fourth-order valence-electron chi connectivity index (χ4n) is 0.648. The summed E-state index contributed by atoms with van der Waals surface area (Å²) in [6.45, 7) is 0. The van der Waals surface area contributed by atoms with Crippen molar-refractivity contribution >= 4 is 17.1 Å². The van der Waals surface area contributed by atoms with E-state index in [-0.39, 0.29) is 18.6 Å². The lowest BCUT2D eigenvalue weighted by Gasteiger charge is -1.88. The topological polar surface area (TPSA) is 53.8 Å². The van der Waals surface area contributed by atoms with Crippen LogP contribution in [-0.2, 0) is 0 Å². The number of Topliss-reactive ketones (excluding diaryl/α,β-unsaturated/α-hetero) is 1. The maximum absolute atomic E-state index is 11.1. The van der Waals surface area contributed by atoms with Crippen LogP contribution in [0, 0.1) is 11.3 Å². The lowest BCUT2D eigenvalue weighted by molar-refractivity contribution is 0.0980. The van der Waals surface area contributed by atoms with Crippen LogP contribution in [0.15, 0.2) is 10.9 Å². The van der Waals surface area contributed by atoms with Gasteiger partial charge in [0.15, 0.2) is 5.78 Å². The highest BCUT2D eigenvalue weighted by molar-refractivity contribution is 7.07. The van der Waals surface area contributed by atoms with Crippen LogP contribution in [0.2, 0.25) is 0 Å². The first-order valence-corrected chi connectivity index (χ1v) is 4.07. The summed E-state index contributed by atoms with van der Waals surface area (Å²) in [7, 11) is 0. The van der Waals surface area contributed by atoms with Gasteiger partial charge in [-0.3, -0.25) is 4.79 Å². The van der Waals surface area contributed by atoms with Gasteiger partial charge in [-0.2, -0.15) is 5.26 Å². The molecule has 11 heavy (non-hydrogen) atoms. The summed E-state index contributed by atoms with van der Waals surface area (Å²) in [6.07, 6.45) is 0.552. The van der Waals surface area contributed by atoms with E-state index in [0.29, 0.717) is 5.69 Å². The number of carbonyl (C=O) groups is 1. The van der Waals surface area contributed by atoms with Gasteiger partial charge >= 0.3 is 0 Å². The molecule has 1 heterocycles. The first kappa shape index (κ1) is 7.89. The van der Waals surface area contributed by atoms with E-state index in [0.717, 1.165) is 0 Å². The molecule has 56 valence electrons. The molecule has 0 radical (unpaired) electrons. The van der Waals surface area contributed by atoms with Gasteiger partial charge in [0.2, 0.25) is 0 Å². The Hall–Kier alpha value is -1.21. The molecule has 0 aliphatic rings. The van der Waals surface area contributed by atoms with Crippen molar-refractivity contribution in [2.75, 3.05) is 0 Å². The van der Waals surface area contributed by atoms with E-state index in [2.05, 4.69) is 4.98 Å². The monoisotopic (exact) mass is 166 g/mol. The van der Waals surface area contributed by atoms with Crippen molar-refractivity contribution in [3.63, 3.8) is 0 Å². The van der Waals surface area contributed by atoms with Gasteiger partial charge in [0.25, 0.3) is 0 Å². The lowest BCUT2D eigenvalue weighted by Crippen LogP contribution is -1.97. The summed E-state index contributed by atoms with van der Waals surface area (Å²) in [5, 5.41) is 9.89. The van der Waals surface area contributed by atoms with Gasteiger partial charge < -0.3 is 0 Å². The normalized spacial score (nSPS) is 9.00. The number of nitrogens with zero attached hydrogens (tertiary/aromatic N) is 2. The van der Waals surface area contributed by atoms with Crippen LogP contribution < -0.4 is 0 Å². The Bertz CT molecular complexity index is 273. The quantitative estimate of drug-likeness (QED) is 0.641. The summed E-state index contributed by atoms with van der Waals surface area (Å²) in [4.78, 5) is 14.9. The SMILES string of the molecule is N#CCCC(=O)c1cscn1. The Labute approximate surface area is 68.3 Å². The van der Waals surface area contributed by atoms with Crippen molar-refractivity contribution in [2.24, 2.45) is 0 Å². The van der Waals surface area contributed by atoms with Crippen molar-refractivity contribution in [1.29, 1.82) is 5.26 Å². The lowest BCUT2D eigenvalue weighted by atomic mass is 10.2. The van der Waals surface area contributed by atoms with E-state index in [9.17, 15) is 4.79 Å². The molecule has 0 saturated heterocycles. The zero-order valence-corrected chi connectivity index (χ0v) is 6.60. The fraction of sp³-hybridized carbons (Fsp3) is 0.286. The van der Waals surface area contributed by atoms with Crippen LogP contribution in [0.1, 0.15) is 23.3 Å². The molecule has 0 atom stereocenters. The smallest absolute Gasteiger partial charge is 0.183 e. The van der Waals surface area contributed by atoms with Crippen molar-refractivity contribution in [3.05, 3.63) is 16.6 Å². The van der Waals surface area contributed by atoms with Crippen LogP contribution in [0.5, 0.6) is 0 Å². The summed E-state index contributed by atoms with van der Waals surface area (Å²) in [5.41, 5.74) is 2.09. The van der Waals surface area contributed by atoms with Crippen molar-refractivity contribution < 1.29 is 4.79 Å². The molecule has 0 aliphatic heterocycles. The van der Waals surface area contributed by atoms with Gasteiger partial charge in [-0.05, 0) is 0 Å². The number of nitriles is 1.